The normalized spacial score (nSPS) is 18.8. The second-order valence-corrected chi connectivity index (χ2v) is 8.70. The van der Waals surface area contributed by atoms with Crippen LogP contribution in [0.25, 0.3) is 0 Å². The largest absolute Gasteiger partial charge is 0.478 e. The summed E-state index contributed by atoms with van der Waals surface area (Å²) in [5.74, 6) is -1.89. The predicted octanol–water partition coefficient (Wildman–Crippen LogP) is 6.16. The van der Waals surface area contributed by atoms with Gasteiger partial charge in [-0.1, -0.05) is 6.92 Å². The van der Waals surface area contributed by atoms with Gasteiger partial charge in [-0.25, -0.2) is 9.78 Å². The molecule has 0 saturated heterocycles. The molecule has 0 bridgehead atoms. The summed E-state index contributed by atoms with van der Waals surface area (Å²) in [5.41, 5.74) is -1.12. The van der Waals surface area contributed by atoms with Crippen LogP contribution in [0.5, 0.6) is 11.6 Å². The van der Waals surface area contributed by atoms with E-state index in [0.29, 0.717) is 5.92 Å². The molecule has 1 aliphatic rings. The van der Waals surface area contributed by atoms with Crippen LogP contribution in [0.15, 0.2) is 36.5 Å². The lowest BCUT2D eigenvalue weighted by Gasteiger charge is -2.34. The predicted molar refractivity (Wildman–Crippen MR) is 116 cm³/mol. The van der Waals surface area contributed by atoms with Gasteiger partial charge in [-0.3, -0.25) is 4.79 Å². The molecule has 1 fully saturated rings. The zero-order valence-corrected chi connectivity index (χ0v) is 18.7. The van der Waals surface area contributed by atoms with Crippen molar-refractivity contribution in [3.05, 3.63) is 47.7 Å². The maximum absolute atomic E-state index is 13.3. The van der Waals surface area contributed by atoms with E-state index in [1.165, 1.54) is 17.0 Å². The number of halogens is 3. The number of amides is 1. The van der Waals surface area contributed by atoms with Crippen molar-refractivity contribution >= 4 is 17.6 Å². The number of aromatic nitrogens is 1. The first-order valence-corrected chi connectivity index (χ1v) is 10.9. The molecule has 0 aliphatic heterocycles. The van der Waals surface area contributed by atoms with Gasteiger partial charge in [0.05, 0.1) is 11.3 Å². The Morgan fingerprint density at radius 3 is 2.39 bits per heavy atom. The molecule has 178 valence electrons. The Hall–Kier alpha value is -3.10. The van der Waals surface area contributed by atoms with E-state index in [0.717, 1.165) is 50.1 Å². The fraction of sp³-hybridized carbons (Fsp3) is 0.458. The summed E-state index contributed by atoms with van der Waals surface area (Å²) in [6, 6.07) is 5.53. The van der Waals surface area contributed by atoms with Crippen molar-refractivity contribution in [2.45, 2.75) is 58.7 Å². The number of hydrogen-bond acceptors (Lipinski definition) is 4. The lowest BCUT2D eigenvalue weighted by Crippen LogP contribution is -2.42. The average Bonchev–Trinajstić information content (AvgIpc) is 2.74. The molecule has 6 nitrogen and oxygen atoms in total. The summed E-state index contributed by atoms with van der Waals surface area (Å²) < 4.78 is 45.1. The van der Waals surface area contributed by atoms with Crippen molar-refractivity contribution in [3.63, 3.8) is 0 Å². The molecule has 1 saturated carbocycles. The van der Waals surface area contributed by atoms with Gasteiger partial charge in [0.25, 0.3) is 0 Å². The van der Waals surface area contributed by atoms with Gasteiger partial charge in [-0.05, 0) is 75.8 Å². The minimum Gasteiger partial charge on any atom is -0.478 e. The first-order chi connectivity index (χ1) is 15.5. The third-order valence-electron chi connectivity index (χ3n) is 5.87. The van der Waals surface area contributed by atoms with Crippen molar-refractivity contribution in [1.82, 2.24) is 4.98 Å². The lowest BCUT2D eigenvalue weighted by molar-refractivity contribution is -0.138. The fourth-order valence-electron chi connectivity index (χ4n) is 4.11. The van der Waals surface area contributed by atoms with Crippen LogP contribution in [0.3, 0.4) is 0 Å². The second kappa shape index (κ2) is 9.80. The SMILES string of the molecule is CC(C)N(c1ccc(Oc2ncccc2C(F)(F)F)cc1C(=O)O)C(=O)[C@H]1CC[C@H](C)CC1. The molecule has 3 rings (SSSR count). The molecule has 1 N–H and O–H groups in total. The number of ether oxygens (including phenoxy) is 1. The number of alkyl halides is 3. The Bertz CT molecular complexity index is 1020. The number of carbonyl (C=O) groups is 2. The van der Waals surface area contributed by atoms with Gasteiger partial charge in [0.2, 0.25) is 11.8 Å². The van der Waals surface area contributed by atoms with Gasteiger partial charge in [0.15, 0.2) is 0 Å². The number of benzene rings is 1. The zero-order valence-electron chi connectivity index (χ0n) is 18.7. The van der Waals surface area contributed by atoms with Crippen LogP contribution in [0, 0.1) is 11.8 Å². The van der Waals surface area contributed by atoms with Crippen molar-refractivity contribution in [1.29, 1.82) is 0 Å². The van der Waals surface area contributed by atoms with Gasteiger partial charge < -0.3 is 14.7 Å². The number of aromatic carboxylic acids is 1. The van der Waals surface area contributed by atoms with Gasteiger partial charge in [0.1, 0.15) is 11.3 Å². The molecule has 33 heavy (non-hydrogen) atoms. The topological polar surface area (TPSA) is 79.7 Å². The highest BCUT2D eigenvalue weighted by Crippen LogP contribution is 2.38. The minimum atomic E-state index is -4.68. The molecule has 0 radical (unpaired) electrons. The minimum absolute atomic E-state index is 0.122. The summed E-state index contributed by atoms with van der Waals surface area (Å²) in [6.45, 7) is 5.74. The van der Waals surface area contributed by atoms with Gasteiger partial charge in [-0.15, -0.1) is 0 Å². The smallest absolute Gasteiger partial charge is 0.421 e. The highest BCUT2D eigenvalue weighted by molar-refractivity contribution is 6.03. The monoisotopic (exact) mass is 464 g/mol. The number of nitrogens with zero attached hydrogens (tertiary/aromatic N) is 2. The van der Waals surface area contributed by atoms with Crippen LogP contribution in [-0.2, 0) is 11.0 Å². The molecule has 0 unspecified atom stereocenters. The molecule has 1 amide bonds. The maximum Gasteiger partial charge on any atom is 0.421 e. The Balaban J connectivity index is 1.95. The lowest BCUT2D eigenvalue weighted by atomic mass is 9.82. The third-order valence-corrected chi connectivity index (χ3v) is 5.87. The van der Waals surface area contributed by atoms with Crippen molar-refractivity contribution in [2.75, 3.05) is 4.90 Å². The van der Waals surface area contributed by atoms with E-state index < -0.39 is 23.6 Å². The van der Waals surface area contributed by atoms with E-state index in [4.69, 9.17) is 4.74 Å². The quantitative estimate of drug-likeness (QED) is 0.554. The molecular weight excluding hydrogens is 437 g/mol. The number of rotatable bonds is 6. The summed E-state index contributed by atoms with van der Waals surface area (Å²) in [5, 5.41) is 9.81. The Morgan fingerprint density at radius 2 is 1.82 bits per heavy atom. The number of anilines is 1. The van der Waals surface area contributed by atoms with E-state index in [9.17, 15) is 27.9 Å². The average molecular weight is 464 g/mol. The van der Waals surface area contributed by atoms with E-state index >= 15 is 0 Å². The van der Waals surface area contributed by atoms with Crippen molar-refractivity contribution in [3.8, 4) is 11.6 Å². The van der Waals surface area contributed by atoms with E-state index in [1.54, 1.807) is 13.8 Å². The highest BCUT2D eigenvalue weighted by atomic mass is 19.4. The molecule has 1 aliphatic carbocycles. The molecule has 1 heterocycles. The molecular formula is C24H27F3N2O4. The highest BCUT2D eigenvalue weighted by Gasteiger charge is 2.36. The fourth-order valence-corrected chi connectivity index (χ4v) is 4.11. The number of carbonyl (C=O) groups excluding carboxylic acids is 1. The third kappa shape index (κ3) is 5.64. The van der Waals surface area contributed by atoms with Gasteiger partial charge in [0, 0.05) is 18.2 Å². The number of hydrogen-bond donors (Lipinski definition) is 1. The van der Waals surface area contributed by atoms with Crippen LogP contribution in [0.4, 0.5) is 18.9 Å². The van der Waals surface area contributed by atoms with Crippen LogP contribution >= 0.6 is 0 Å². The van der Waals surface area contributed by atoms with E-state index in [1.807, 2.05) is 0 Å². The van der Waals surface area contributed by atoms with E-state index in [2.05, 4.69) is 11.9 Å². The van der Waals surface area contributed by atoms with Gasteiger partial charge in [-0.2, -0.15) is 13.2 Å². The molecule has 0 atom stereocenters. The summed E-state index contributed by atoms with van der Waals surface area (Å²) in [4.78, 5) is 30.5. The van der Waals surface area contributed by atoms with Crippen molar-refractivity contribution in [2.24, 2.45) is 11.8 Å². The van der Waals surface area contributed by atoms with Crippen LogP contribution in [0.1, 0.15) is 62.4 Å². The first-order valence-electron chi connectivity index (χ1n) is 10.9. The van der Waals surface area contributed by atoms with E-state index in [-0.39, 0.29) is 34.9 Å². The zero-order chi connectivity index (χ0) is 24.3. The summed E-state index contributed by atoms with van der Waals surface area (Å²) in [7, 11) is 0. The Morgan fingerprint density at radius 1 is 1.15 bits per heavy atom. The van der Waals surface area contributed by atoms with Gasteiger partial charge >= 0.3 is 12.1 Å². The first kappa shape index (κ1) is 24.5. The summed E-state index contributed by atoms with van der Waals surface area (Å²) >= 11 is 0. The molecule has 9 heteroatoms. The number of pyridine rings is 1. The van der Waals surface area contributed by atoms with Crippen LogP contribution in [0.2, 0.25) is 0 Å². The number of carboxylic acid groups (broad SMARTS) is 1. The Kier molecular flexibility index (Phi) is 7.29. The Labute approximate surface area is 190 Å². The molecule has 1 aromatic carbocycles. The maximum atomic E-state index is 13.3. The van der Waals surface area contributed by atoms with Crippen molar-refractivity contribution < 1.29 is 32.6 Å². The molecule has 0 spiro atoms. The molecule has 2 aromatic rings. The number of carboxylic acids is 1. The standard InChI is InChI=1S/C24H27F3N2O4/c1-14(2)29(22(30)16-8-6-15(3)7-9-16)20-11-10-17(13-18(20)23(31)32)33-21-19(24(25,26)27)5-4-12-28-21/h4-5,10-16H,6-9H2,1-3H3,(H,31,32)/t15-,16-. The van der Waals surface area contributed by atoms with Crippen LogP contribution < -0.4 is 9.64 Å². The molecule has 1 aromatic heterocycles. The van der Waals surface area contributed by atoms with Crippen LogP contribution in [-0.4, -0.2) is 28.0 Å². The summed E-state index contributed by atoms with van der Waals surface area (Å²) in [6.07, 6.45) is -0.169. The second-order valence-electron chi connectivity index (χ2n) is 8.70.